The van der Waals surface area contributed by atoms with Crippen molar-refractivity contribution in [2.45, 2.75) is 30.1 Å². The zero-order valence-corrected chi connectivity index (χ0v) is 15.8. The zero-order chi connectivity index (χ0) is 16.4. The van der Waals surface area contributed by atoms with Gasteiger partial charge in [0.2, 0.25) is 5.88 Å². The molecule has 0 N–H and O–H groups in total. The number of hydrogen-bond acceptors (Lipinski definition) is 5. The Labute approximate surface area is 148 Å². The first-order valence-electron chi connectivity index (χ1n) is 7.36. The molecular weight excluding hydrogens is 400 g/mol. The molecule has 1 saturated heterocycles. The Kier molecular flexibility index (Phi) is 5.05. The zero-order valence-electron chi connectivity index (χ0n) is 12.6. The molecule has 0 amide bonds. The fourth-order valence-corrected chi connectivity index (χ4v) is 5.73. The van der Waals surface area contributed by atoms with Gasteiger partial charge in [-0.1, -0.05) is 6.92 Å². The number of hydrogen-bond donors (Lipinski definition) is 0. The van der Waals surface area contributed by atoms with E-state index in [0.29, 0.717) is 29.6 Å². The number of aromatic nitrogens is 1. The molecule has 2 aromatic rings. The molecule has 124 valence electrons. The maximum Gasteiger partial charge on any atom is 0.252 e. The SMILES string of the molecule is CCc1ccc(S(=O)(=O)N2CCC(Oc3ncccc3Br)C2)s1. The van der Waals surface area contributed by atoms with E-state index in [0.717, 1.165) is 15.8 Å². The van der Waals surface area contributed by atoms with Gasteiger partial charge >= 0.3 is 0 Å². The van der Waals surface area contributed by atoms with E-state index < -0.39 is 10.0 Å². The highest BCUT2D eigenvalue weighted by Crippen LogP contribution is 2.29. The van der Waals surface area contributed by atoms with Gasteiger partial charge in [-0.15, -0.1) is 11.3 Å². The van der Waals surface area contributed by atoms with Gasteiger partial charge in [0.1, 0.15) is 10.3 Å². The first kappa shape index (κ1) is 16.9. The van der Waals surface area contributed by atoms with Crippen molar-refractivity contribution in [3.05, 3.63) is 39.8 Å². The predicted octanol–water partition coefficient (Wildman–Crippen LogP) is 3.31. The lowest BCUT2D eigenvalue weighted by atomic mass is 10.3. The molecule has 0 aromatic carbocycles. The van der Waals surface area contributed by atoms with Crippen LogP contribution in [0.4, 0.5) is 0 Å². The van der Waals surface area contributed by atoms with Crippen LogP contribution in [0.5, 0.6) is 5.88 Å². The summed E-state index contributed by atoms with van der Waals surface area (Å²) >= 11 is 4.73. The normalized spacial score (nSPS) is 19.1. The van der Waals surface area contributed by atoms with Crippen LogP contribution in [0.15, 0.2) is 39.1 Å². The number of sulfonamides is 1. The van der Waals surface area contributed by atoms with Crippen LogP contribution in [0.1, 0.15) is 18.2 Å². The second-order valence-corrected chi connectivity index (χ2v) is 9.44. The number of thiophene rings is 1. The molecule has 0 saturated carbocycles. The van der Waals surface area contributed by atoms with Gasteiger partial charge in [0, 0.05) is 17.6 Å². The third-order valence-corrected chi connectivity index (χ3v) is 7.86. The topological polar surface area (TPSA) is 59.5 Å². The van der Waals surface area contributed by atoms with Gasteiger partial charge in [-0.2, -0.15) is 4.31 Å². The molecule has 0 bridgehead atoms. The number of rotatable bonds is 5. The highest BCUT2D eigenvalue weighted by Gasteiger charge is 2.34. The molecular formula is C15H17BrN2O3S2. The lowest BCUT2D eigenvalue weighted by molar-refractivity contribution is 0.205. The molecule has 1 atom stereocenters. The van der Waals surface area contributed by atoms with Crippen LogP contribution in [0.2, 0.25) is 0 Å². The van der Waals surface area contributed by atoms with Gasteiger partial charge in [-0.05, 0) is 53.0 Å². The fourth-order valence-electron chi connectivity index (χ4n) is 2.44. The van der Waals surface area contributed by atoms with E-state index in [4.69, 9.17) is 4.74 Å². The molecule has 8 heteroatoms. The number of aryl methyl sites for hydroxylation is 1. The van der Waals surface area contributed by atoms with Gasteiger partial charge in [-0.25, -0.2) is 13.4 Å². The molecule has 5 nitrogen and oxygen atoms in total. The van der Waals surface area contributed by atoms with Crippen molar-refractivity contribution in [2.24, 2.45) is 0 Å². The number of nitrogens with zero attached hydrogens (tertiary/aromatic N) is 2. The van der Waals surface area contributed by atoms with E-state index in [1.54, 1.807) is 12.3 Å². The average molecular weight is 417 g/mol. The van der Waals surface area contributed by atoms with E-state index in [2.05, 4.69) is 20.9 Å². The number of halogens is 1. The lowest BCUT2D eigenvalue weighted by Gasteiger charge is -2.16. The van der Waals surface area contributed by atoms with E-state index in [9.17, 15) is 8.42 Å². The molecule has 2 aromatic heterocycles. The Balaban J connectivity index is 1.70. The van der Waals surface area contributed by atoms with Crippen molar-refractivity contribution in [3.8, 4) is 5.88 Å². The molecule has 0 radical (unpaired) electrons. The summed E-state index contributed by atoms with van der Waals surface area (Å²) in [7, 11) is -3.42. The molecule has 1 aliphatic heterocycles. The maximum atomic E-state index is 12.7. The third kappa shape index (κ3) is 3.60. The van der Waals surface area contributed by atoms with E-state index in [1.165, 1.54) is 15.6 Å². The molecule has 3 rings (SSSR count). The summed E-state index contributed by atoms with van der Waals surface area (Å²) in [5.74, 6) is 0.501. The van der Waals surface area contributed by atoms with Crippen LogP contribution in [-0.4, -0.2) is 36.9 Å². The largest absolute Gasteiger partial charge is 0.472 e. The minimum Gasteiger partial charge on any atom is -0.472 e. The summed E-state index contributed by atoms with van der Waals surface area (Å²) < 4.78 is 33.9. The molecule has 0 spiro atoms. The van der Waals surface area contributed by atoms with Crippen LogP contribution in [-0.2, 0) is 16.4 Å². The van der Waals surface area contributed by atoms with Gasteiger partial charge in [0.25, 0.3) is 10.0 Å². The van der Waals surface area contributed by atoms with Crippen LogP contribution in [0.25, 0.3) is 0 Å². The third-order valence-electron chi connectivity index (χ3n) is 3.69. The van der Waals surface area contributed by atoms with E-state index in [1.807, 2.05) is 25.1 Å². The van der Waals surface area contributed by atoms with Crippen molar-refractivity contribution in [2.75, 3.05) is 13.1 Å². The summed E-state index contributed by atoms with van der Waals surface area (Å²) in [5.41, 5.74) is 0. The first-order chi connectivity index (χ1) is 11.0. The lowest BCUT2D eigenvalue weighted by Crippen LogP contribution is -2.30. The Morgan fingerprint density at radius 2 is 2.26 bits per heavy atom. The Morgan fingerprint density at radius 1 is 1.43 bits per heavy atom. The van der Waals surface area contributed by atoms with Gasteiger partial charge in [0.15, 0.2) is 0 Å². The Bertz CT molecular complexity index is 792. The van der Waals surface area contributed by atoms with Crippen LogP contribution < -0.4 is 4.74 Å². The van der Waals surface area contributed by atoms with Gasteiger partial charge in [0.05, 0.1) is 11.0 Å². The summed E-state index contributed by atoms with van der Waals surface area (Å²) in [5, 5.41) is 0. The molecule has 23 heavy (non-hydrogen) atoms. The highest BCUT2D eigenvalue weighted by atomic mass is 79.9. The number of ether oxygens (including phenoxy) is 1. The minimum atomic E-state index is -3.42. The van der Waals surface area contributed by atoms with Crippen molar-refractivity contribution in [3.63, 3.8) is 0 Å². The van der Waals surface area contributed by atoms with Crippen LogP contribution in [0, 0.1) is 0 Å². The molecule has 1 unspecified atom stereocenters. The summed E-state index contributed by atoms with van der Waals surface area (Å²) in [6, 6.07) is 7.24. The van der Waals surface area contributed by atoms with Crippen molar-refractivity contribution >= 4 is 37.3 Å². The second kappa shape index (κ2) is 6.88. The smallest absolute Gasteiger partial charge is 0.252 e. The predicted molar refractivity (Wildman–Crippen MR) is 93.4 cm³/mol. The summed E-state index contributed by atoms with van der Waals surface area (Å²) in [6.07, 6.45) is 2.98. The van der Waals surface area contributed by atoms with Crippen molar-refractivity contribution in [1.82, 2.24) is 9.29 Å². The maximum absolute atomic E-state index is 12.7. The highest BCUT2D eigenvalue weighted by molar-refractivity contribution is 9.10. The standard InChI is InChI=1S/C15H17BrN2O3S2/c1-2-12-5-6-14(22-12)23(19,20)18-9-7-11(10-18)21-15-13(16)4-3-8-17-15/h3-6,8,11H,2,7,9-10H2,1H3. The summed E-state index contributed by atoms with van der Waals surface area (Å²) in [6.45, 7) is 2.84. The second-order valence-electron chi connectivity index (χ2n) is 5.26. The van der Waals surface area contributed by atoms with Gasteiger partial charge < -0.3 is 4.74 Å². The minimum absolute atomic E-state index is 0.179. The quantitative estimate of drug-likeness (QED) is 0.749. The van der Waals surface area contributed by atoms with E-state index >= 15 is 0 Å². The fraction of sp³-hybridized carbons (Fsp3) is 0.400. The molecule has 1 fully saturated rings. The van der Waals surface area contributed by atoms with Crippen LogP contribution >= 0.6 is 27.3 Å². The van der Waals surface area contributed by atoms with Crippen LogP contribution in [0.3, 0.4) is 0 Å². The molecule has 1 aliphatic rings. The Morgan fingerprint density at radius 3 is 2.96 bits per heavy atom. The molecule has 3 heterocycles. The summed E-state index contributed by atoms with van der Waals surface area (Å²) in [4.78, 5) is 5.24. The van der Waals surface area contributed by atoms with Gasteiger partial charge in [-0.3, -0.25) is 0 Å². The van der Waals surface area contributed by atoms with E-state index in [-0.39, 0.29) is 6.10 Å². The average Bonchev–Trinajstić information content (AvgIpc) is 3.19. The molecule has 0 aliphatic carbocycles. The number of pyridine rings is 1. The van der Waals surface area contributed by atoms with Crippen molar-refractivity contribution < 1.29 is 13.2 Å². The van der Waals surface area contributed by atoms with Crippen molar-refractivity contribution in [1.29, 1.82) is 0 Å². The monoisotopic (exact) mass is 416 g/mol. The first-order valence-corrected chi connectivity index (χ1v) is 10.4. The Hall–Kier alpha value is -0.960.